The fourth-order valence-electron chi connectivity index (χ4n) is 3.75. The molecular weight excluding hydrogens is 403 g/mol. The van der Waals surface area contributed by atoms with E-state index in [9.17, 15) is 14.8 Å². The molecule has 1 aliphatic rings. The first kappa shape index (κ1) is 21.1. The molecule has 158 valence electrons. The van der Waals surface area contributed by atoms with E-state index >= 15 is 0 Å². The number of quaternary nitrogens is 1. The van der Waals surface area contributed by atoms with Gasteiger partial charge in [-0.2, -0.15) is 0 Å². The van der Waals surface area contributed by atoms with Crippen molar-refractivity contribution in [1.29, 1.82) is 0 Å². The SMILES string of the molecule is CC1(C)C(N)S[C@](C)(c2cc(Oc3ccc4ccccc4c3)ccc2F)C[N+]1([O-])[O-]. The first-order valence-electron chi connectivity index (χ1n) is 9.72. The summed E-state index contributed by atoms with van der Waals surface area (Å²) >= 11 is 1.25. The maximum Gasteiger partial charge on any atom is 0.128 e. The summed E-state index contributed by atoms with van der Waals surface area (Å²) in [6.07, 6.45) is 0. The lowest BCUT2D eigenvalue weighted by Crippen LogP contribution is -2.68. The molecule has 4 rings (SSSR count). The van der Waals surface area contributed by atoms with Gasteiger partial charge in [-0.25, -0.2) is 4.39 Å². The van der Waals surface area contributed by atoms with Gasteiger partial charge in [-0.05, 0) is 61.9 Å². The lowest BCUT2D eigenvalue weighted by molar-refractivity contribution is -0.885. The average molecular weight is 428 g/mol. The van der Waals surface area contributed by atoms with E-state index in [2.05, 4.69) is 0 Å². The molecule has 5 nitrogen and oxygen atoms in total. The van der Waals surface area contributed by atoms with E-state index in [1.165, 1.54) is 23.9 Å². The second-order valence-corrected chi connectivity index (χ2v) is 10.2. The summed E-state index contributed by atoms with van der Waals surface area (Å²) in [6.45, 7) is 4.46. The molecule has 1 fully saturated rings. The Morgan fingerprint density at radius 2 is 1.63 bits per heavy atom. The second kappa shape index (κ2) is 7.21. The van der Waals surface area contributed by atoms with Gasteiger partial charge >= 0.3 is 0 Å². The Hall–Kier alpha value is -2.16. The van der Waals surface area contributed by atoms with Gasteiger partial charge in [0.2, 0.25) is 0 Å². The van der Waals surface area contributed by atoms with Crippen molar-refractivity contribution >= 4 is 22.5 Å². The molecule has 1 unspecified atom stereocenters. The molecule has 2 atom stereocenters. The van der Waals surface area contributed by atoms with Crippen LogP contribution in [0.3, 0.4) is 0 Å². The number of hydrogen-bond donors (Lipinski definition) is 1. The predicted octanol–water partition coefficient (Wildman–Crippen LogP) is 5.61. The van der Waals surface area contributed by atoms with Gasteiger partial charge < -0.3 is 25.7 Å². The fourth-order valence-corrected chi connectivity index (χ4v) is 5.28. The molecular formula is C23H24FN2O3S-. The largest absolute Gasteiger partial charge is 0.631 e. The van der Waals surface area contributed by atoms with Gasteiger partial charge in [0.05, 0.1) is 11.3 Å². The number of hydrogen-bond acceptors (Lipinski definition) is 5. The van der Waals surface area contributed by atoms with Crippen molar-refractivity contribution in [3.63, 3.8) is 0 Å². The van der Waals surface area contributed by atoms with Crippen LogP contribution in [0.5, 0.6) is 11.5 Å². The molecule has 7 heteroatoms. The maximum absolute atomic E-state index is 14.8. The highest BCUT2D eigenvalue weighted by Crippen LogP contribution is 2.51. The van der Waals surface area contributed by atoms with E-state index in [-0.39, 0.29) is 12.1 Å². The average Bonchev–Trinajstić information content (AvgIpc) is 2.67. The highest BCUT2D eigenvalue weighted by atomic mass is 32.2. The smallest absolute Gasteiger partial charge is 0.128 e. The molecule has 30 heavy (non-hydrogen) atoms. The monoisotopic (exact) mass is 427 g/mol. The van der Waals surface area contributed by atoms with Crippen molar-refractivity contribution in [3.05, 3.63) is 82.5 Å². The first-order valence-corrected chi connectivity index (χ1v) is 10.6. The quantitative estimate of drug-likeness (QED) is 0.434. The maximum atomic E-state index is 14.8. The topological polar surface area (TPSA) is 81.4 Å². The highest BCUT2D eigenvalue weighted by molar-refractivity contribution is 8.00. The standard InChI is InChI=1S/C23H24FN2O3S/c1-22(2)21(25)30-23(3,14-26(22,27)28)19-13-18(10-11-20(19)24)29-17-9-8-15-6-4-5-7-16(15)12-17/h4-13,21H,14,25H2,1-3H3/q-1/t21?,23-/m0/s1. The summed E-state index contributed by atoms with van der Waals surface area (Å²) in [4.78, 5) is -1.78. The van der Waals surface area contributed by atoms with Gasteiger partial charge in [0.1, 0.15) is 28.2 Å². The van der Waals surface area contributed by atoms with Gasteiger partial charge in [-0.3, -0.25) is 0 Å². The zero-order valence-corrected chi connectivity index (χ0v) is 17.9. The van der Waals surface area contributed by atoms with Crippen molar-refractivity contribution in [2.75, 3.05) is 6.54 Å². The van der Waals surface area contributed by atoms with E-state index < -0.39 is 26.3 Å². The lowest BCUT2D eigenvalue weighted by Gasteiger charge is -2.65. The minimum Gasteiger partial charge on any atom is -0.631 e. The Morgan fingerprint density at radius 3 is 2.33 bits per heavy atom. The summed E-state index contributed by atoms with van der Waals surface area (Å²) < 4.78 is 19.7. The number of ether oxygens (including phenoxy) is 1. The molecule has 3 aromatic rings. The van der Waals surface area contributed by atoms with Crippen LogP contribution in [0, 0.1) is 16.2 Å². The molecule has 1 heterocycles. The van der Waals surface area contributed by atoms with Gasteiger partial charge in [-0.15, -0.1) is 11.8 Å². The molecule has 0 aliphatic carbocycles. The van der Waals surface area contributed by atoms with Crippen molar-refractivity contribution in [1.82, 2.24) is 0 Å². The molecule has 2 N–H and O–H groups in total. The number of rotatable bonds is 3. The van der Waals surface area contributed by atoms with E-state index in [1.807, 2.05) is 42.5 Å². The summed E-state index contributed by atoms with van der Waals surface area (Å²) in [6, 6.07) is 18.0. The van der Waals surface area contributed by atoms with E-state index in [4.69, 9.17) is 10.5 Å². The molecule has 0 radical (unpaired) electrons. The van der Waals surface area contributed by atoms with Crippen LogP contribution in [-0.2, 0) is 4.75 Å². The number of hydroxylamine groups is 4. The van der Waals surface area contributed by atoms with Crippen LogP contribution in [0.4, 0.5) is 4.39 Å². The molecule has 0 amide bonds. The van der Waals surface area contributed by atoms with E-state index in [0.717, 1.165) is 10.8 Å². The normalized spacial score (nSPS) is 25.2. The summed E-state index contributed by atoms with van der Waals surface area (Å²) in [7, 11) is 0. The van der Waals surface area contributed by atoms with E-state index in [1.54, 1.807) is 26.8 Å². The number of nitrogens with zero attached hydrogens (tertiary/aromatic N) is 1. The minimum absolute atomic E-state index is 0.242. The molecule has 1 aliphatic heterocycles. The van der Waals surface area contributed by atoms with Crippen molar-refractivity contribution < 1.29 is 13.9 Å². The van der Waals surface area contributed by atoms with Gasteiger partial charge in [-0.1, -0.05) is 30.3 Å². The van der Waals surface area contributed by atoms with Gasteiger partial charge in [0.15, 0.2) is 0 Å². The Morgan fingerprint density at radius 1 is 1.00 bits per heavy atom. The van der Waals surface area contributed by atoms with Crippen LogP contribution >= 0.6 is 11.8 Å². The third-order valence-corrected chi connectivity index (χ3v) is 7.64. The van der Waals surface area contributed by atoms with Crippen LogP contribution in [-0.4, -0.2) is 22.3 Å². The molecule has 3 aromatic carbocycles. The van der Waals surface area contributed by atoms with Crippen LogP contribution in [0.2, 0.25) is 0 Å². The first-order chi connectivity index (χ1) is 14.0. The van der Waals surface area contributed by atoms with Crippen LogP contribution in [0.15, 0.2) is 60.7 Å². The number of nitrogens with two attached hydrogens (primary N) is 1. The zero-order chi connectivity index (χ0) is 21.7. The predicted molar refractivity (Wildman–Crippen MR) is 119 cm³/mol. The number of fused-ring (bicyclic) bond motifs is 1. The van der Waals surface area contributed by atoms with Crippen molar-refractivity contribution in [2.45, 2.75) is 36.4 Å². The third kappa shape index (κ3) is 3.57. The molecule has 0 bridgehead atoms. The second-order valence-electron chi connectivity index (χ2n) is 8.51. The molecule has 1 saturated heterocycles. The van der Waals surface area contributed by atoms with Crippen LogP contribution < -0.4 is 10.5 Å². The third-order valence-electron chi connectivity index (χ3n) is 5.94. The van der Waals surface area contributed by atoms with Crippen LogP contribution in [0.1, 0.15) is 26.3 Å². The lowest BCUT2D eigenvalue weighted by atomic mass is 9.95. The Balaban J connectivity index is 1.67. The van der Waals surface area contributed by atoms with Gasteiger partial charge in [0, 0.05) is 5.56 Å². The van der Waals surface area contributed by atoms with Gasteiger partial charge in [0.25, 0.3) is 0 Å². The summed E-state index contributed by atoms with van der Waals surface area (Å²) in [5, 5.41) is 26.8. The Bertz CT molecular complexity index is 1100. The molecule has 0 spiro atoms. The molecule has 0 aromatic heterocycles. The van der Waals surface area contributed by atoms with Crippen molar-refractivity contribution in [2.24, 2.45) is 5.73 Å². The Labute approximate surface area is 179 Å². The number of benzene rings is 3. The van der Waals surface area contributed by atoms with Crippen LogP contribution in [0.25, 0.3) is 10.8 Å². The minimum atomic E-state index is -1.78. The fraction of sp³-hybridized carbons (Fsp3) is 0.304. The number of halogens is 1. The Kier molecular flexibility index (Phi) is 5.07. The van der Waals surface area contributed by atoms with Crippen molar-refractivity contribution in [3.8, 4) is 11.5 Å². The number of thioether (sulfide) groups is 1. The zero-order valence-electron chi connectivity index (χ0n) is 17.1. The molecule has 0 saturated carbocycles. The summed E-state index contributed by atoms with van der Waals surface area (Å²) in [5.41, 5.74) is 5.18. The highest BCUT2D eigenvalue weighted by Gasteiger charge is 2.51. The van der Waals surface area contributed by atoms with E-state index in [0.29, 0.717) is 11.5 Å². The summed E-state index contributed by atoms with van der Waals surface area (Å²) in [5.74, 6) is 0.544.